The molecule has 0 aliphatic carbocycles. The largest absolute Gasteiger partial charge is 0.381 e. The predicted molar refractivity (Wildman–Crippen MR) is 91.9 cm³/mol. The molecule has 0 bridgehead atoms. The van der Waals surface area contributed by atoms with Crippen molar-refractivity contribution < 1.29 is 9.47 Å². The van der Waals surface area contributed by atoms with Gasteiger partial charge >= 0.3 is 0 Å². The molecule has 0 spiro atoms. The van der Waals surface area contributed by atoms with E-state index in [0.717, 1.165) is 58.8 Å². The first kappa shape index (κ1) is 20.9. The zero-order chi connectivity index (χ0) is 16.2. The van der Waals surface area contributed by atoms with Crippen LogP contribution in [0.2, 0.25) is 0 Å². The molecule has 0 aromatic rings. The standard InChI is InChI=1S/C18H39NO2/c1-17(2,3)10-7-12-20-14-9-15-21-13-8-11-19-16-18(4,5)6/h19H,7-16H2,1-6H3. The van der Waals surface area contributed by atoms with E-state index in [9.17, 15) is 0 Å². The number of hydrogen-bond donors (Lipinski definition) is 1. The van der Waals surface area contributed by atoms with E-state index in [1.54, 1.807) is 0 Å². The molecule has 0 saturated carbocycles. The van der Waals surface area contributed by atoms with Crippen LogP contribution in [-0.4, -0.2) is 39.5 Å². The highest BCUT2D eigenvalue weighted by atomic mass is 16.5. The van der Waals surface area contributed by atoms with Crippen molar-refractivity contribution in [2.75, 3.05) is 39.5 Å². The second-order valence-corrected chi connectivity index (χ2v) is 8.33. The summed E-state index contributed by atoms with van der Waals surface area (Å²) in [6.07, 6.45) is 4.47. The van der Waals surface area contributed by atoms with Gasteiger partial charge in [0.05, 0.1) is 0 Å². The number of rotatable bonds is 12. The van der Waals surface area contributed by atoms with E-state index in [-0.39, 0.29) is 0 Å². The molecule has 0 saturated heterocycles. The topological polar surface area (TPSA) is 30.5 Å². The zero-order valence-corrected chi connectivity index (χ0v) is 15.4. The fourth-order valence-corrected chi connectivity index (χ4v) is 1.93. The van der Waals surface area contributed by atoms with Gasteiger partial charge in [-0.3, -0.25) is 0 Å². The minimum atomic E-state index is 0.366. The van der Waals surface area contributed by atoms with E-state index in [4.69, 9.17) is 9.47 Å². The summed E-state index contributed by atoms with van der Waals surface area (Å²) in [4.78, 5) is 0. The minimum absolute atomic E-state index is 0.366. The average Bonchev–Trinajstić information content (AvgIpc) is 2.32. The van der Waals surface area contributed by atoms with Gasteiger partial charge in [0.1, 0.15) is 0 Å². The molecule has 0 amide bonds. The lowest BCUT2D eigenvalue weighted by molar-refractivity contribution is 0.0774. The van der Waals surface area contributed by atoms with Gasteiger partial charge in [0.25, 0.3) is 0 Å². The van der Waals surface area contributed by atoms with Gasteiger partial charge in [-0.15, -0.1) is 0 Å². The Kier molecular flexibility index (Phi) is 11.4. The maximum absolute atomic E-state index is 5.62. The highest BCUT2D eigenvalue weighted by Gasteiger charge is 2.09. The Bertz CT molecular complexity index is 204. The molecular formula is C18H39NO2. The fourth-order valence-electron chi connectivity index (χ4n) is 1.93. The quantitative estimate of drug-likeness (QED) is 0.546. The van der Waals surface area contributed by atoms with Crippen LogP contribution >= 0.6 is 0 Å². The van der Waals surface area contributed by atoms with Crippen LogP contribution in [0.5, 0.6) is 0 Å². The Hall–Kier alpha value is -0.120. The van der Waals surface area contributed by atoms with Crippen molar-refractivity contribution in [1.82, 2.24) is 5.32 Å². The van der Waals surface area contributed by atoms with E-state index in [1.807, 2.05) is 0 Å². The SMILES string of the molecule is CC(C)(C)CCCOCCCOCCCNCC(C)(C)C. The molecule has 0 heterocycles. The van der Waals surface area contributed by atoms with E-state index in [0.29, 0.717) is 10.8 Å². The lowest BCUT2D eigenvalue weighted by atomic mass is 9.91. The third-order valence-electron chi connectivity index (χ3n) is 3.09. The van der Waals surface area contributed by atoms with Crippen molar-refractivity contribution in [3.8, 4) is 0 Å². The van der Waals surface area contributed by atoms with Crippen molar-refractivity contribution in [2.24, 2.45) is 10.8 Å². The smallest absolute Gasteiger partial charge is 0.0487 e. The summed E-state index contributed by atoms with van der Waals surface area (Å²) in [6, 6.07) is 0. The molecule has 128 valence electrons. The molecule has 0 aliphatic heterocycles. The monoisotopic (exact) mass is 301 g/mol. The van der Waals surface area contributed by atoms with Gasteiger partial charge < -0.3 is 14.8 Å². The minimum Gasteiger partial charge on any atom is -0.381 e. The van der Waals surface area contributed by atoms with Gasteiger partial charge in [-0.25, -0.2) is 0 Å². The molecule has 0 aliphatic rings. The van der Waals surface area contributed by atoms with Crippen LogP contribution in [0.4, 0.5) is 0 Å². The van der Waals surface area contributed by atoms with Gasteiger partial charge in [-0.1, -0.05) is 41.5 Å². The second kappa shape index (κ2) is 11.4. The van der Waals surface area contributed by atoms with E-state index in [2.05, 4.69) is 46.9 Å². The number of nitrogens with one attached hydrogen (secondary N) is 1. The first-order chi connectivity index (χ1) is 9.71. The van der Waals surface area contributed by atoms with Gasteiger partial charge in [0.15, 0.2) is 0 Å². The Morgan fingerprint density at radius 1 is 0.667 bits per heavy atom. The lowest BCUT2D eigenvalue weighted by Crippen LogP contribution is -2.28. The highest BCUT2D eigenvalue weighted by molar-refractivity contribution is 4.64. The van der Waals surface area contributed by atoms with Crippen LogP contribution in [-0.2, 0) is 9.47 Å². The maximum Gasteiger partial charge on any atom is 0.0487 e. The summed E-state index contributed by atoms with van der Waals surface area (Å²) in [5, 5.41) is 3.46. The lowest BCUT2D eigenvalue weighted by Gasteiger charge is -2.18. The fraction of sp³-hybridized carbons (Fsp3) is 1.00. The van der Waals surface area contributed by atoms with Crippen LogP contribution in [0.3, 0.4) is 0 Å². The Balaban J connectivity index is 3.10. The highest BCUT2D eigenvalue weighted by Crippen LogP contribution is 2.20. The molecule has 1 N–H and O–H groups in total. The third-order valence-corrected chi connectivity index (χ3v) is 3.09. The molecule has 0 aromatic heterocycles. The molecular weight excluding hydrogens is 262 g/mol. The molecule has 0 fully saturated rings. The zero-order valence-electron chi connectivity index (χ0n) is 15.4. The van der Waals surface area contributed by atoms with Crippen molar-refractivity contribution in [2.45, 2.75) is 67.2 Å². The number of hydrogen-bond acceptors (Lipinski definition) is 3. The Labute approximate surface area is 133 Å². The second-order valence-electron chi connectivity index (χ2n) is 8.33. The Morgan fingerprint density at radius 2 is 1.19 bits per heavy atom. The average molecular weight is 302 g/mol. The molecule has 0 atom stereocenters. The van der Waals surface area contributed by atoms with Gasteiger partial charge in [0, 0.05) is 26.4 Å². The summed E-state index contributed by atoms with van der Waals surface area (Å²) >= 11 is 0. The van der Waals surface area contributed by atoms with E-state index >= 15 is 0 Å². The van der Waals surface area contributed by atoms with E-state index < -0.39 is 0 Å². The summed E-state index contributed by atoms with van der Waals surface area (Å²) < 4.78 is 11.2. The molecule has 0 aromatic carbocycles. The first-order valence-electron chi connectivity index (χ1n) is 8.57. The summed E-state index contributed by atoms with van der Waals surface area (Å²) in [7, 11) is 0. The molecule has 0 radical (unpaired) electrons. The predicted octanol–water partition coefficient (Wildman–Crippen LogP) is 4.26. The van der Waals surface area contributed by atoms with Crippen LogP contribution < -0.4 is 5.32 Å². The van der Waals surface area contributed by atoms with Gasteiger partial charge in [-0.05, 0) is 49.6 Å². The molecule has 0 unspecified atom stereocenters. The van der Waals surface area contributed by atoms with Crippen LogP contribution in [0.1, 0.15) is 67.2 Å². The van der Waals surface area contributed by atoms with Crippen LogP contribution in [0.15, 0.2) is 0 Å². The Morgan fingerprint density at radius 3 is 1.71 bits per heavy atom. The van der Waals surface area contributed by atoms with E-state index in [1.165, 1.54) is 6.42 Å². The van der Waals surface area contributed by atoms with Crippen LogP contribution in [0.25, 0.3) is 0 Å². The molecule has 0 rings (SSSR count). The summed E-state index contributed by atoms with van der Waals surface area (Å²) in [6.45, 7) is 19.1. The summed E-state index contributed by atoms with van der Waals surface area (Å²) in [5.41, 5.74) is 0.790. The van der Waals surface area contributed by atoms with Gasteiger partial charge in [0.2, 0.25) is 0 Å². The molecule has 3 nitrogen and oxygen atoms in total. The number of ether oxygens (including phenoxy) is 2. The van der Waals surface area contributed by atoms with Crippen molar-refractivity contribution >= 4 is 0 Å². The third kappa shape index (κ3) is 19.9. The molecule has 3 heteroatoms. The van der Waals surface area contributed by atoms with Crippen LogP contribution in [0, 0.1) is 10.8 Å². The molecule has 21 heavy (non-hydrogen) atoms. The first-order valence-corrected chi connectivity index (χ1v) is 8.57. The normalized spacial score (nSPS) is 12.9. The van der Waals surface area contributed by atoms with Crippen molar-refractivity contribution in [1.29, 1.82) is 0 Å². The van der Waals surface area contributed by atoms with Crippen molar-refractivity contribution in [3.63, 3.8) is 0 Å². The maximum atomic E-state index is 5.62. The summed E-state index contributed by atoms with van der Waals surface area (Å²) in [5.74, 6) is 0. The van der Waals surface area contributed by atoms with Crippen molar-refractivity contribution in [3.05, 3.63) is 0 Å². The van der Waals surface area contributed by atoms with Gasteiger partial charge in [-0.2, -0.15) is 0 Å².